The second-order valence-electron chi connectivity index (χ2n) is 9.83. The lowest BCUT2D eigenvalue weighted by molar-refractivity contribution is 0.0813. The molecule has 37 heavy (non-hydrogen) atoms. The molecule has 8 heteroatoms. The molecule has 196 valence electrons. The van der Waals surface area contributed by atoms with Crippen LogP contribution >= 0.6 is 15.9 Å². The minimum atomic E-state index is -0.855. The Morgan fingerprint density at radius 3 is 2.62 bits per heavy atom. The number of hydrogen-bond acceptors (Lipinski definition) is 6. The second kappa shape index (κ2) is 12.5. The van der Waals surface area contributed by atoms with Crippen molar-refractivity contribution in [2.75, 3.05) is 19.8 Å². The van der Waals surface area contributed by atoms with Gasteiger partial charge in [0.25, 0.3) is 5.91 Å². The largest absolute Gasteiger partial charge is 0.494 e. The molecule has 7 nitrogen and oxygen atoms in total. The zero-order valence-electron chi connectivity index (χ0n) is 21.2. The Balaban J connectivity index is 1.55. The first kappa shape index (κ1) is 27.1. The third-order valence-corrected chi connectivity index (χ3v) is 6.98. The van der Waals surface area contributed by atoms with E-state index in [9.17, 15) is 9.90 Å². The number of amides is 1. The number of carbonyl (C=O) groups excluding carboxylic acids is 1. The zero-order chi connectivity index (χ0) is 26.3. The smallest absolute Gasteiger partial charge is 0.253 e. The number of fused-ring (bicyclic) bond motifs is 4. The molecule has 3 N–H and O–H groups in total. The van der Waals surface area contributed by atoms with Crippen molar-refractivity contribution in [3.8, 4) is 11.5 Å². The van der Waals surface area contributed by atoms with Crippen LogP contribution in [0.15, 0.2) is 71.5 Å². The third-order valence-electron chi connectivity index (χ3n) is 6.49. The number of rotatable bonds is 5. The summed E-state index contributed by atoms with van der Waals surface area (Å²) in [6, 6.07) is 17.0. The van der Waals surface area contributed by atoms with Crippen LogP contribution in [0.3, 0.4) is 0 Å². The van der Waals surface area contributed by atoms with Crippen molar-refractivity contribution in [2.24, 2.45) is 0 Å². The quantitative estimate of drug-likeness (QED) is 0.416. The van der Waals surface area contributed by atoms with Crippen molar-refractivity contribution in [3.63, 3.8) is 0 Å². The lowest BCUT2D eigenvalue weighted by atomic mass is 9.93. The van der Waals surface area contributed by atoms with E-state index in [-0.39, 0.29) is 12.5 Å². The highest BCUT2D eigenvalue weighted by atomic mass is 79.9. The van der Waals surface area contributed by atoms with Crippen molar-refractivity contribution < 1.29 is 19.4 Å². The maximum atomic E-state index is 13.2. The summed E-state index contributed by atoms with van der Waals surface area (Å²) in [5.74, 6) is 1.00. The lowest BCUT2D eigenvalue weighted by Gasteiger charge is -2.31. The molecule has 0 saturated heterocycles. The predicted molar refractivity (Wildman–Crippen MR) is 147 cm³/mol. The first-order valence-corrected chi connectivity index (χ1v) is 13.4. The molecule has 0 saturated carbocycles. The molecular weight excluding hydrogens is 534 g/mol. The summed E-state index contributed by atoms with van der Waals surface area (Å²) in [7, 11) is 0. The van der Waals surface area contributed by atoms with Gasteiger partial charge in [-0.15, -0.1) is 0 Å². The molecule has 2 atom stereocenters. The van der Waals surface area contributed by atoms with Crippen LogP contribution in [0, 0.1) is 0 Å². The van der Waals surface area contributed by atoms with Gasteiger partial charge in [0.2, 0.25) is 0 Å². The van der Waals surface area contributed by atoms with Gasteiger partial charge in [0.05, 0.1) is 37.1 Å². The summed E-state index contributed by atoms with van der Waals surface area (Å²) >= 11 is 3.53. The number of hydrogen-bond donors (Lipinski definition) is 3. The maximum absolute atomic E-state index is 13.2. The minimum Gasteiger partial charge on any atom is -0.494 e. The van der Waals surface area contributed by atoms with Crippen LogP contribution < -0.4 is 20.1 Å². The molecule has 1 aliphatic heterocycles. The van der Waals surface area contributed by atoms with Gasteiger partial charge in [-0.2, -0.15) is 0 Å². The standard InChI is InChI=1S/C29H34BrN3O4/c1-29(2,22-8-6-9-23(30)16-22)32-19-27(34)26-14-20-7-5-10-24(13-20)36-11-3-4-12-37-25-15-21(17-31-18-25)28(35)33-26/h5-10,13,15-18,26-27,32,34H,3-4,11-12,14,19H2,1-2H3,(H,33,35)/t26-,27+/m0/s1. The molecule has 4 rings (SSSR count). The maximum Gasteiger partial charge on any atom is 0.253 e. The Hall–Kier alpha value is -2.94. The van der Waals surface area contributed by atoms with Gasteiger partial charge in [-0.1, -0.05) is 40.2 Å². The van der Waals surface area contributed by atoms with Gasteiger partial charge >= 0.3 is 0 Å². The number of aromatic nitrogens is 1. The molecule has 0 radical (unpaired) electrons. The molecule has 0 unspecified atom stereocenters. The number of pyridine rings is 1. The van der Waals surface area contributed by atoms with Gasteiger partial charge in [-0.25, -0.2) is 0 Å². The van der Waals surface area contributed by atoms with E-state index in [0.717, 1.165) is 34.2 Å². The number of nitrogens with one attached hydrogen (secondary N) is 2. The highest BCUT2D eigenvalue weighted by Gasteiger charge is 2.27. The SMILES string of the molecule is CC(C)(NC[C@@H](O)[C@@H]1Cc2cccc(c2)OCCCCOc2cncc(c2)C(=O)N1)c1cccc(Br)c1. The number of aliphatic hydroxyl groups is 1. The summed E-state index contributed by atoms with van der Waals surface area (Å²) in [5.41, 5.74) is 2.05. The summed E-state index contributed by atoms with van der Waals surface area (Å²) < 4.78 is 12.7. The highest BCUT2D eigenvalue weighted by molar-refractivity contribution is 9.10. The Morgan fingerprint density at radius 2 is 1.84 bits per heavy atom. The van der Waals surface area contributed by atoms with Crippen molar-refractivity contribution in [3.05, 3.63) is 88.2 Å². The molecule has 0 aliphatic carbocycles. The Morgan fingerprint density at radius 1 is 1.08 bits per heavy atom. The topological polar surface area (TPSA) is 92.7 Å². The third kappa shape index (κ3) is 7.77. The fourth-order valence-electron chi connectivity index (χ4n) is 4.24. The van der Waals surface area contributed by atoms with Crippen LogP contribution in [0.1, 0.15) is 48.2 Å². The first-order chi connectivity index (χ1) is 17.8. The number of nitrogens with zero attached hydrogens (tertiary/aromatic N) is 1. The number of carbonyl (C=O) groups is 1. The van der Waals surface area contributed by atoms with E-state index in [0.29, 0.717) is 30.9 Å². The first-order valence-electron chi connectivity index (χ1n) is 12.6. The molecule has 0 spiro atoms. The van der Waals surface area contributed by atoms with E-state index >= 15 is 0 Å². The monoisotopic (exact) mass is 567 g/mol. The van der Waals surface area contributed by atoms with Crippen molar-refractivity contribution in [2.45, 2.75) is 50.8 Å². The fourth-order valence-corrected chi connectivity index (χ4v) is 4.64. The van der Waals surface area contributed by atoms with Crippen LogP contribution in [0.4, 0.5) is 0 Å². The molecule has 3 aromatic rings. The minimum absolute atomic E-state index is 0.280. The van der Waals surface area contributed by atoms with Crippen LogP contribution in [-0.2, 0) is 12.0 Å². The van der Waals surface area contributed by atoms with Crippen molar-refractivity contribution >= 4 is 21.8 Å². The Kier molecular flexibility index (Phi) is 9.18. The number of halogens is 1. The van der Waals surface area contributed by atoms with Gasteiger partial charge in [0.15, 0.2) is 0 Å². The van der Waals surface area contributed by atoms with Crippen LogP contribution in [0.2, 0.25) is 0 Å². The van der Waals surface area contributed by atoms with E-state index < -0.39 is 17.7 Å². The highest BCUT2D eigenvalue weighted by Crippen LogP contribution is 2.24. The van der Waals surface area contributed by atoms with Gasteiger partial charge in [0, 0.05) is 22.8 Å². The molecule has 2 heterocycles. The molecular formula is C29H34BrN3O4. The average molecular weight is 569 g/mol. The van der Waals surface area contributed by atoms with Gasteiger partial charge in [-0.05, 0) is 74.6 Å². The zero-order valence-corrected chi connectivity index (χ0v) is 22.8. The Bertz CT molecular complexity index is 1200. The van der Waals surface area contributed by atoms with E-state index in [1.807, 2.05) is 42.5 Å². The molecule has 1 aromatic heterocycles. The van der Waals surface area contributed by atoms with Crippen molar-refractivity contribution in [1.29, 1.82) is 0 Å². The predicted octanol–water partition coefficient (Wildman–Crippen LogP) is 4.62. The van der Waals surface area contributed by atoms with Crippen molar-refractivity contribution in [1.82, 2.24) is 15.6 Å². The fraction of sp³-hybridized carbons (Fsp3) is 0.379. The summed E-state index contributed by atoms with van der Waals surface area (Å²) in [5, 5.41) is 17.8. The van der Waals surface area contributed by atoms with E-state index in [4.69, 9.17) is 9.47 Å². The molecule has 2 aromatic carbocycles. The molecule has 1 aliphatic rings. The number of benzene rings is 2. The Labute approximate surface area is 226 Å². The average Bonchev–Trinajstić information content (AvgIpc) is 2.89. The molecule has 0 fully saturated rings. The summed E-state index contributed by atoms with van der Waals surface area (Å²) in [6.07, 6.45) is 4.37. The normalized spacial score (nSPS) is 17.7. The lowest BCUT2D eigenvalue weighted by Crippen LogP contribution is -2.51. The number of aliphatic hydroxyl groups excluding tert-OH is 1. The summed E-state index contributed by atoms with van der Waals surface area (Å²) in [4.78, 5) is 17.4. The van der Waals surface area contributed by atoms with E-state index in [1.165, 1.54) is 6.20 Å². The summed E-state index contributed by atoms with van der Waals surface area (Å²) in [6.45, 7) is 5.51. The van der Waals surface area contributed by atoms with E-state index in [1.54, 1.807) is 12.3 Å². The van der Waals surface area contributed by atoms with Crippen LogP contribution in [0.5, 0.6) is 11.5 Å². The van der Waals surface area contributed by atoms with Gasteiger partial charge in [-0.3, -0.25) is 9.78 Å². The second-order valence-corrected chi connectivity index (χ2v) is 10.7. The van der Waals surface area contributed by atoms with Crippen LogP contribution in [0.25, 0.3) is 0 Å². The molecule has 4 bridgehead atoms. The molecule has 1 amide bonds. The van der Waals surface area contributed by atoms with Gasteiger partial charge in [0.1, 0.15) is 11.5 Å². The van der Waals surface area contributed by atoms with E-state index in [2.05, 4.69) is 51.5 Å². The number of ether oxygens (including phenoxy) is 2. The van der Waals surface area contributed by atoms with Crippen LogP contribution in [-0.4, -0.2) is 47.9 Å². The van der Waals surface area contributed by atoms with Gasteiger partial charge < -0.3 is 25.2 Å².